The average Bonchev–Trinajstić information content (AvgIpc) is 3.50. The van der Waals surface area contributed by atoms with Crippen LogP contribution in [0.2, 0.25) is 0 Å². The summed E-state index contributed by atoms with van der Waals surface area (Å²) in [6.45, 7) is 12.0. The summed E-state index contributed by atoms with van der Waals surface area (Å²) in [5, 5.41) is 2.73. The zero-order valence-corrected chi connectivity index (χ0v) is 25.9. The SMILES string of the molecule is CCC1=[C](/[Zr](=[CH]/c2cccc3ccccc23)[c]2cccc3c2Cc2ccccc2-3)C(CC)C=C1C(C)(C)C. The van der Waals surface area contributed by atoms with Crippen LogP contribution in [0.15, 0.2) is 105 Å². The predicted octanol–water partition coefficient (Wildman–Crippen LogP) is 9.18. The quantitative estimate of drug-likeness (QED) is 0.197. The number of fused-ring (bicyclic) bond motifs is 4. The van der Waals surface area contributed by atoms with Crippen LogP contribution >= 0.6 is 0 Å². The average molecular weight is 574 g/mol. The Bertz CT molecular complexity index is 1630. The van der Waals surface area contributed by atoms with Crippen LogP contribution in [0.4, 0.5) is 0 Å². The molecule has 1 heteroatoms. The van der Waals surface area contributed by atoms with Gasteiger partial charge in [-0.2, -0.15) is 0 Å². The summed E-state index contributed by atoms with van der Waals surface area (Å²) < 4.78 is 6.28. The number of hydrogen-bond donors (Lipinski definition) is 0. The summed E-state index contributed by atoms with van der Waals surface area (Å²) in [7, 11) is 0. The molecule has 4 aromatic rings. The van der Waals surface area contributed by atoms with Gasteiger partial charge < -0.3 is 0 Å². The van der Waals surface area contributed by atoms with Crippen molar-refractivity contribution in [2.75, 3.05) is 0 Å². The van der Waals surface area contributed by atoms with Crippen molar-refractivity contribution in [3.63, 3.8) is 0 Å². The van der Waals surface area contributed by atoms with Crippen molar-refractivity contribution in [2.24, 2.45) is 11.3 Å². The van der Waals surface area contributed by atoms with Crippen LogP contribution in [0.3, 0.4) is 0 Å². The van der Waals surface area contributed by atoms with Gasteiger partial charge in [-0.15, -0.1) is 0 Å². The first-order chi connectivity index (χ1) is 18.4. The van der Waals surface area contributed by atoms with E-state index in [-0.39, 0.29) is 5.41 Å². The monoisotopic (exact) mass is 572 g/mol. The molecule has 0 fully saturated rings. The zero-order chi connectivity index (χ0) is 26.4. The Kier molecular flexibility index (Phi) is 6.86. The Morgan fingerprint density at radius 2 is 1.53 bits per heavy atom. The van der Waals surface area contributed by atoms with E-state index in [2.05, 4.69) is 129 Å². The minimum absolute atomic E-state index is 0.170. The second kappa shape index (κ2) is 10.2. The molecule has 190 valence electrons. The first-order valence-electron chi connectivity index (χ1n) is 14.3. The molecule has 38 heavy (non-hydrogen) atoms. The van der Waals surface area contributed by atoms with Crippen LogP contribution in [0.25, 0.3) is 21.9 Å². The molecule has 0 radical (unpaired) electrons. The maximum atomic E-state index is 2.79. The molecule has 0 bridgehead atoms. The normalized spacial score (nSPS) is 17.1. The van der Waals surface area contributed by atoms with Crippen LogP contribution < -0.4 is 3.27 Å². The summed E-state index contributed by atoms with van der Waals surface area (Å²) in [5.41, 5.74) is 10.9. The third kappa shape index (κ3) is 4.38. The van der Waals surface area contributed by atoms with Crippen molar-refractivity contribution < 1.29 is 21.3 Å². The molecule has 6 rings (SSSR count). The fraction of sp³-hybridized carbons (Fsp3) is 0.270. The maximum absolute atomic E-state index is 2.79. The van der Waals surface area contributed by atoms with Gasteiger partial charge in [0, 0.05) is 0 Å². The van der Waals surface area contributed by atoms with Gasteiger partial charge in [-0.1, -0.05) is 0 Å². The number of benzene rings is 4. The van der Waals surface area contributed by atoms with Crippen LogP contribution in [0.1, 0.15) is 64.2 Å². The zero-order valence-electron chi connectivity index (χ0n) is 23.4. The first-order valence-corrected chi connectivity index (χ1v) is 18.1. The molecule has 1 atom stereocenters. The van der Waals surface area contributed by atoms with Crippen LogP contribution in [-0.4, -0.2) is 3.71 Å². The predicted molar refractivity (Wildman–Crippen MR) is 162 cm³/mol. The summed E-state index contributed by atoms with van der Waals surface area (Å²) in [4.78, 5) is 0. The molecule has 0 N–H and O–H groups in total. The van der Waals surface area contributed by atoms with E-state index in [0.29, 0.717) is 5.92 Å². The summed E-state index contributed by atoms with van der Waals surface area (Å²) in [5.74, 6) is 0.555. The Morgan fingerprint density at radius 1 is 0.816 bits per heavy atom. The molecule has 0 saturated carbocycles. The molecule has 4 aromatic carbocycles. The molecule has 2 aliphatic rings. The van der Waals surface area contributed by atoms with Gasteiger partial charge in [0.15, 0.2) is 0 Å². The van der Waals surface area contributed by atoms with Crippen molar-refractivity contribution in [2.45, 2.75) is 53.9 Å². The minimum atomic E-state index is -2.53. The topological polar surface area (TPSA) is 0 Å². The Hall–Kier alpha value is -2.63. The van der Waals surface area contributed by atoms with Crippen molar-refractivity contribution in [1.82, 2.24) is 0 Å². The summed E-state index contributed by atoms with van der Waals surface area (Å²) in [6.07, 6.45) is 6.03. The van der Waals surface area contributed by atoms with Crippen LogP contribution in [-0.2, 0) is 27.7 Å². The van der Waals surface area contributed by atoms with Gasteiger partial charge in [0.2, 0.25) is 0 Å². The fourth-order valence-electron chi connectivity index (χ4n) is 6.76. The van der Waals surface area contributed by atoms with Gasteiger partial charge in [0.1, 0.15) is 0 Å². The first kappa shape index (κ1) is 25.6. The van der Waals surface area contributed by atoms with Crippen molar-refractivity contribution >= 4 is 17.8 Å². The standard InChI is InChI=1S/C13H9.C13H21.C11H8.Zr/c1-3-7-12-10(5-1)9-11-6-2-4-8-13(11)12;1-6-10-8-11(7-2)12(9-10)13(3,4)5;1-9-5-4-7-10-6-2-3-8-11(9)10;/h1-5,7-8H,9H2;9-10H,6-7H2,1-5H3;1-8H;. The third-order valence-corrected chi connectivity index (χ3v) is 15.7. The Balaban J connectivity index is 1.65. The summed E-state index contributed by atoms with van der Waals surface area (Å²) >= 11 is -2.53. The molecule has 1 unspecified atom stereocenters. The molecule has 0 nitrogen and oxygen atoms in total. The molecular weight excluding hydrogens is 536 g/mol. The van der Waals surface area contributed by atoms with Crippen LogP contribution in [0, 0.1) is 11.3 Å². The number of hydrogen-bond acceptors (Lipinski definition) is 0. The van der Waals surface area contributed by atoms with E-state index < -0.39 is 21.3 Å². The van der Waals surface area contributed by atoms with E-state index >= 15 is 0 Å². The van der Waals surface area contributed by atoms with E-state index in [1.807, 2.05) is 3.28 Å². The van der Waals surface area contributed by atoms with Crippen molar-refractivity contribution in [3.05, 3.63) is 122 Å². The fourth-order valence-corrected chi connectivity index (χ4v) is 14.9. The number of allylic oxidation sites excluding steroid dienone is 4. The molecule has 0 spiro atoms. The van der Waals surface area contributed by atoms with E-state index in [1.165, 1.54) is 39.4 Å². The van der Waals surface area contributed by atoms with E-state index in [4.69, 9.17) is 0 Å². The third-order valence-electron chi connectivity index (χ3n) is 8.54. The second-order valence-corrected chi connectivity index (χ2v) is 17.3. The Labute approximate surface area is 236 Å². The van der Waals surface area contributed by atoms with Crippen molar-refractivity contribution in [1.29, 1.82) is 0 Å². The van der Waals surface area contributed by atoms with Gasteiger partial charge in [0.25, 0.3) is 0 Å². The van der Waals surface area contributed by atoms with Gasteiger partial charge in [-0.25, -0.2) is 0 Å². The van der Waals surface area contributed by atoms with E-state index in [1.54, 1.807) is 20.0 Å². The second-order valence-electron chi connectivity index (χ2n) is 11.9. The molecule has 0 amide bonds. The van der Waals surface area contributed by atoms with Gasteiger partial charge in [-0.05, 0) is 0 Å². The van der Waals surface area contributed by atoms with Crippen molar-refractivity contribution in [3.8, 4) is 11.1 Å². The molecule has 0 aromatic heterocycles. The number of rotatable bonds is 5. The molecule has 0 heterocycles. The molecular formula is C37H38Zr. The van der Waals surface area contributed by atoms with E-state index in [0.717, 1.165) is 12.8 Å². The molecule has 0 aliphatic heterocycles. The van der Waals surface area contributed by atoms with Crippen LogP contribution in [0.5, 0.6) is 0 Å². The van der Waals surface area contributed by atoms with Gasteiger partial charge in [0.05, 0.1) is 0 Å². The van der Waals surface area contributed by atoms with E-state index in [9.17, 15) is 0 Å². The Morgan fingerprint density at radius 3 is 2.32 bits per heavy atom. The summed E-state index contributed by atoms with van der Waals surface area (Å²) in [6, 6.07) is 32.1. The molecule has 2 aliphatic carbocycles. The molecule has 0 saturated heterocycles. The van der Waals surface area contributed by atoms with Gasteiger partial charge >= 0.3 is 237 Å². The van der Waals surface area contributed by atoms with Gasteiger partial charge in [-0.3, -0.25) is 0 Å².